The number of benzene rings is 3. The first-order valence-corrected chi connectivity index (χ1v) is 11.0. The van der Waals surface area contributed by atoms with Crippen molar-refractivity contribution in [2.45, 2.75) is 25.3 Å². The van der Waals surface area contributed by atoms with Crippen LogP contribution in [0.15, 0.2) is 84.9 Å². The van der Waals surface area contributed by atoms with E-state index in [1.807, 2.05) is 36.4 Å². The lowest BCUT2D eigenvalue weighted by Crippen LogP contribution is -2.44. The molecule has 0 unspecified atom stereocenters. The molecule has 7 heteroatoms. The van der Waals surface area contributed by atoms with Crippen molar-refractivity contribution in [3.63, 3.8) is 0 Å². The third-order valence-corrected chi connectivity index (χ3v) is 5.90. The Labute approximate surface area is 197 Å². The van der Waals surface area contributed by atoms with Gasteiger partial charge in [0.05, 0.1) is 6.54 Å². The van der Waals surface area contributed by atoms with E-state index in [-0.39, 0.29) is 18.2 Å². The molecule has 0 bridgehead atoms. The summed E-state index contributed by atoms with van der Waals surface area (Å²) in [7, 11) is 0. The Morgan fingerprint density at radius 2 is 1.47 bits per heavy atom. The van der Waals surface area contributed by atoms with Crippen LogP contribution in [0.4, 0.5) is 10.5 Å². The van der Waals surface area contributed by atoms with Crippen LogP contribution in [-0.2, 0) is 11.2 Å². The molecule has 0 radical (unpaired) electrons. The van der Waals surface area contributed by atoms with E-state index in [9.17, 15) is 19.2 Å². The van der Waals surface area contributed by atoms with Gasteiger partial charge in [-0.2, -0.15) is 0 Å². The maximum absolute atomic E-state index is 13.0. The number of hydrogen-bond donors (Lipinski definition) is 2. The zero-order valence-electron chi connectivity index (χ0n) is 18.8. The van der Waals surface area contributed by atoms with Crippen molar-refractivity contribution in [1.29, 1.82) is 0 Å². The molecule has 4 amide bonds. The summed E-state index contributed by atoms with van der Waals surface area (Å²) in [5, 5.41) is 5.51. The van der Waals surface area contributed by atoms with E-state index >= 15 is 0 Å². The standard InChI is InChI=1S/C27H25N3O4/c1-27(17-16-19-8-4-2-5-9-19)25(33)30(26(34)29-27)18-23(31)20-12-14-22(15-13-20)28-24(32)21-10-6-3-7-11-21/h2-15H,16-18H2,1H3,(H,28,32)(H,29,34)/t27-/m0/s1. The molecular formula is C27H25N3O4. The van der Waals surface area contributed by atoms with Gasteiger partial charge >= 0.3 is 6.03 Å². The summed E-state index contributed by atoms with van der Waals surface area (Å²) in [5.41, 5.74) is 1.42. The Bertz CT molecular complexity index is 1210. The third-order valence-electron chi connectivity index (χ3n) is 5.90. The lowest BCUT2D eigenvalue weighted by Gasteiger charge is -2.21. The fourth-order valence-corrected chi connectivity index (χ4v) is 3.87. The predicted octanol–water partition coefficient (Wildman–Crippen LogP) is 4.06. The fourth-order valence-electron chi connectivity index (χ4n) is 3.87. The van der Waals surface area contributed by atoms with Crippen LogP contribution in [-0.4, -0.2) is 40.6 Å². The van der Waals surface area contributed by atoms with Crippen LogP contribution in [0.5, 0.6) is 0 Å². The summed E-state index contributed by atoms with van der Waals surface area (Å²) in [6, 6.07) is 24.3. The first kappa shape index (κ1) is 22.9. The quantitative estimate of drug-likeness (QED) is 0.395. The van der Waals surface area contributed by atoms with Gasteiger partial charge in [-0.3, -0.25) is 19.3 Å². The van der Waals surface area contributed by atoms with Crippen LogP contribution in [0, 0.1) is 0 Å². The Morgan fingerprint density at radius 1 is 0.853 bits per heavy atom. The third kappa shape index (κ3) is 5.04. The molecule has 1 fully saturated rings. The Hall–Kier alpha value is -4.26. The summed E-state index contributed by atoms with van der Waals surface area (Å²) in [4.78, 5) is 51.5. The molecule has 0 aromatic heterocycles. The normalized spacial score (nSPS) is 17.4. The number of nitrogens with zero attached hydrogens (tertiary/aromatic N) is 1. The molecule has 4 rings (SSSR count). The van der Waals surface area contributed by atoms with Crippen molar-refractivity contribution in [3.8, 4) is 0 Å². The van der Waals surface area contributed by atoms with Crippen molar-refractivity contribution in [1.82, 2.24) is 10.2 Å². The first-order valence-electron chi connectivity index (χ1n) is 11.0. The highest BCUT2D eigenvalue weighted by Crippen LogP contribution is 2.24. The maximum Gasteiger partial charge on any atom is 0.325 e. The molecular weight excluding hydrogens is 430 g/mol. The van der Waals surface area contributed by atoms with E-state index in [0.29, 0.717) is 29.7 Å². The number of carbonyl (C=O) groups excluding carboxylic acids is 4. The van der Waals surface area contributed by atoms with Gasteiger partial charge in [0, 0.05) is 16.8 Å². The van der Waals surface area contributed by atoms with Crippen LogP contribution in [0.1, 0.15) is 39.6 Å². The van der Waals surface area contributed by atoms with Crippen molar-refractivity contribution >= 4 is 29.3 Å². The molecule has 1 aliphatic rings. The minimum atomic E-state index is -1.06. The van der Waals surface area contributed by atoms with E-state index in [2.05, 4.69) is 10.6 Å². The summed E-state index contributed by atoms with van der Waals surface area (Å²) in [5.74, 6) is -1.03. The van der Waals surface area contributed by atoms with Gasteiger partial charge in [0.15, 0.2) is 5.78 Å². The second-order valence-electron chi connectivity index (χ2n) is 8.46. The number of hydrogen-bond acceptors (Lipinski definition) is 4. The smallest absolute Gasteiger partial charge is 0.323 e. The number of urea groups is 1. The molecule has 0 aliphatic carbocycles. The number of anilines is 1. The minimum absolute atomic E-state index is 0.256. The summed E-state index contributed by atoms with van der Waals surface area (Å²) in [6.45, 7) is 1.34. The molecule has 172 valence electrons. The molecule has 1 aliphatic heterocycles. The van der Waals surface area contributed by atoms with Gasteiger partial charge in [0.2, 0.25) is 0 Å². The van der Waals surface area contributed by atoms with E-state index in [1.54, 1.807) is 55.5 Å². The summed E-state index contributed by atoms with van der Waals surface area (Å²) < 4.78 is 0. The molecule has 0 spiro atoms. The van der Waals surface area contributed by atoms with Crippen LogP contribution >= 0.6 is 0 Å². The largest absolute Gasteiger partial charge is 0.325 e. The molecule has 1 atom stereocenters. The summed E-state index contributed by atoms with van der Waals surface area (Å²) in [6.07, 6.45) is 1.06. The molecule has 0 saturated carbocycles. The number of amides is 4. The van der Waals surface area contributed by atoms with E-state index in [1.165, 1.54) is 0 Å². The van der Waals surface area contributed by atoms with Gasteiger partial charge in [-0.25, -0.2) is 4.79 Å². The molecule has 1 saturated heterocycles. The van der Waals surface area contributed by atoms with Crippen LogP contribution in [0.3, 0.4) is 0 Å². The van der Waals surface area contributed by atoms with E-state index < -0.39 is 17.5 Å². The molecule has 34 heavy (non-hydrogen) atoms. The number of nitrogens with one attached hydrogen (secondary N) is 2. The Morgan fingerprint density at radius 3 is 2.12 bits per heavy atom. The topological polar surface area (TPSA) is 95.6 Å². The van der Waals surface area contributed by atoms with Crippen molar-refractivity contribution in [2.75, 3.05) is 11.9 Å². The molecule has 7 nitrogen and oxygen atoms in total. The summed E-state index contributed by atoms with van der Waals surface area (Å²) >= 11 is 0. The van der Waals surface area contributed by atoms with Crippen LogP contribution < -0.4 is 10.6 Å². The zero-order valence-corrected chi connectivity index (χ0v) is 18.8. The van der Waals surface area contributed by atoms with E-state index in [0.717, 1.165) is 10.5 Å². The van der Waals surface area contributed by atoms with E-state index in [4.69, 9.17) is 0 Å². The lowest BCUT2D eigenvalue weighted by atomic mass is 9.93. The van der Waals surface area contributed by atoms with Gasteiger partial charge in [-0.05, 0) is 61.7 Å². The van der Waals surface area contributed by atoms with Gasteiger partial charge in [-0.1, -0.05) is 48.5 Å². The monoisotopic (exact) mass is 455 g/mol. The highest BCUT2D eigenvalue weighted by atomic mass is 16.2. The van der Waals surface area contributed by atoms with Gasteiger partial charge in [0.1, 0.15) is 5.54 Å². The molecule has 3 aromatic rings. The number of carbonyl (C=O) groups is 4. The van der Waals surface area contributed by atoms with Crippen LogP contribution in [0.25, 0.3) is 0 Å². The van der Waals surface area contributed by atoms with Crippen molar-refractivity contribution < 1.29 is 19.2 Å². The maximum atomic E-state index is 13.0. The fraction of sp³-hybridized carbons (Fsp3) is 0.185. The predicted molar refractivity (Wildman–Crippen MR) is 129 cm³/mol. The molecule has 1 heterocycles. The lowest BCUT2D eigenvalue weighted by molar-refractivity contribution is -0.130. The zero-order chi connectivity index (χ0) is 24.1. The van der Waals surface area contributed by atoms with Crippen molar-refractivity contribution in [3.05, 3.63) is 102 Å². The highest BCUT2D eigenvalue weighted by molar-refractivity contribution is 6.11. The SMILES string of the molecule is C[C@@]1(CCc2ccccc2)NC(=O)N(CC(=O)c2ccc(NC(=O)c3ccccc3)cc2)C1=O. The second kappa shape index (κ2) is 9.70. The minimum Gasteiger partial charge on any atom is -0.323 e. The van der Waals surface area contributed by atoms with Crippen molar-refractivity contribution in [2.24, 2.45) is 0 Å². The van der Waals surface area contributed by atoms with Gasteiger partial charge in [0.25, 0.3) is 11.8 Å². The highest BCUT2D eigenvalue weighted by Gasteiger charge is 2.47. The van der Waals surface area contributed by atoms with Gasteiger partial charge in [-0.15, -0.1) is 0 Å². The number of rotatable bonds is 8. The molecule has 2 N–H and O–H groups in total. The van der Waals surface area contributed by atoms with Gasteiger partial charge < -0.3 is 10.6 Å². The molecule has 3 aromatic carbocycles. The second-order valence-corrected chi connectivity index (χ2v) is 8.46. The average molecular weight is 456 g/mol. The average Bonchev–Trinajstić information content (AvgIpc) is 3.07. The Kier molecular flexibility index (Phi) is 6.54. The number of Topliss-reactive ketones (excluding diaryl/α,β-unsaturated/α-hetero) is 1. The first-order chi connectivity index (χ1) is 16.4. The number of imide groups is 1. The Balaban J connectivity index is 1.36. The number of aryl methyl sites for hydroxylation is 1. The number of ketones is 1. The van der Waals surface area contributed by atoms with Crippen LogP contribution in [0.2, 0.25) is 0 Å².